The van der Waals surface area contributed by atoms with Crippen molar-refractivity contribution in [1.82, 2.24) is 10.2 Å². The van der Waals surface area contributed by atoms with E-state index in [0.29, 0.717) is 0 Å². The van der Waals surface area contributed by atoms with Gasteiger partial charge in [0.25, 0.3) is 0 Å². The molecule has 2 amide bonds. The van der Waals surface area contributed by atoms with E-state index in [2.05, 4.69) is 5.32 Å². The molecule has 0 saturated carbocycles. The van der Waals surface area contributed by atoms with E-state index in [1.807, 2.05) is 60.7 Å². The number of alkyl halides is 1. The summed E-state index contributed by atoms with van der Waals surface area (Å²) >= 11 is 0. The Labute approximate surface area is 193 Å². The van der Waals surface area contributed by atoms with Crippen LogP contribution in [0, 0.1) is 0 Å². The van der Waals surface area contributed by atoms with Crippen LogP contribution >= 0.6 is 0 Å². The van der Waals surface area contributed by atoms with Crippen molar-refractivity contribution in [3.63, 3.8) is 0 Å². The molecule has 0 saturated heterocycles. The van der Waals surface area contributed by atoms with Gasteiger partial charge in [0, 0.05) is 13.5 Å². The van der Waals surface area contributed by atoms with Gasteiger partial charge in [0.05, 0.1) is 0 Å². The third-order valence-corrected chi connectivity index (χ3v) is 4.71. The Morgan fingerprint density at radius 3 is 2.03 bits per heavy atom. The zero-order valence-corrected chi connectivity index (χ0v) is 19.4. The molecule has 7 nitrogen and oxygen atoms in total. The Morgan fingerprint density at radius 1 is 0.970 bits per heavy atom. The Morgan fingerprint density at radius 2 is 1.52 bits per heavy atom. The van der Waals surface area contributed by atoms with Gasteiger partial charge in [-0.05, 0) is 31.9 Å². The number of nitrogens with zero attached hydrogens (tertiary/aromatic N) is 1. The minimum Gasteiger partial charge on any atom is -0.459 e. The van der Waals surface area contributed by atoms with Crippen LogP contribution in [0.4, 0.5) is 9.18 Å². The normalized spacial score (nSPS) is 12.9. The largest absolute Gasteiger partial charge is 0.459 e. The van der Waals surface area contributed by atoms with Crippen LogP contribution in [0.1, 0.15) is 31.9 Å². The molecule has 0 fully saturated rings. The van der Waals surface area contributed by atoms with Crippen LogP contribution in [0.25, 0.3) is 0 Å². The van der Waals surface area contributed by atoms with Gasteiger partial charge in [-0.15, -0.1) is 0 Å². The van der Waals surface area contributed by atoms with Gasteiger partial charge in [-0.25, -0.2) is 14.0 Å². The SMILES string of the molecule is CN(C(=O)OC(C)(C)C)[C@H](CF)C(=O)N[C@H](Cc1ccccc1)C(=O)OCc1ccccc1. The first kappa shape index (κ1) is 25.8. The lowest BCUT2D eigenvalue weighted by molar-refractivity contribution is -0.149. The lowest BCUT2D eigenvalue weighted by Crippen LogP contribution is -2.54. The second-order valence-corrected chi connectivity index (χ2v) is 8.61. The summed E-state index contributed by atoms with van der Waals surface area (Å²) in [6.45, 7) is 3.90. The van der Waals surface area contributed by atoms with Crippen molar-refractivity contribution in [2.24, 2.45) is 0 Å². The van der Waals surface area contributed by atoms with Gasteiger partial charge in [0.2, 0.25) is 5.91 Å². The smallest absolute Gasteiger partial charge is 0.410 e. The van der Waals surface area contributed by atoms with Crippen molar-refractivity contribution < 1.29 is 28.2 Å². The van der Waals surface area contributed by atoms with Gasteiger partial charge in [-0.2, -0.15) is 0 Å². The minimum atomic E-state index is -1.46. The average Bonchev–Trinajstić information content (AvgIpc) is 2.77. The number of hydrogen-bond acceptors (Lipinski definition) is 5. The first-order chi connectivity index (χ1) is 15.6. The maximum atomic E-state index is 13.8. The van der Waals surface area contributed by atoms with E-state index in [4.69, 9.17) is 9.47 Å². The number of nitrogens with one attached hydrogen (secondary N) is 1. The van der Waals surface area contributed by atoms with Gasteiger partial charge in [-0.3, -0.25) is 9.69 Å². The van der Waals surface area contributed by atoms with Crippen LogP contribution in [0.2, 0.25) is 0 Å². The number of rotatable bonds is 9. The number of halogens is 1. The fraction of sp³-hybridized carbons (Fsp3) is 0.400. The topological polar surface area (TPSA) is 84.9 Å². The summed E-state index contributed by atoms with van der Waals surface area (Å²) in [6.07, 6.45) is -0.693. The minimum absolute atomic E-state index is 0.0329. The molecule has 0 heterocycles. The summed E-state index contributed by atoms with van der Waals surface area (Å²) in [5.41, 5.74) is 0.776. The number of ether oxygens (including phenoxy) is 2. The lowest BCUT2D eigenvalue weighted by atomic mass is 10.1. The van der Waals surface area contributed by atoms with Crippen LogP contribution < -0.4 is 5.32 Å². The molecule has 178 valence electrons. The Hall–Kier alpha value is -3.42. The molecule has 2 rings (SSSR count). The molecule has 33 heavy (non-hydrogen) atoms. The third kappa shape index (κ3) is 8.56. The van der Waals surface area contributed by atoms with Gasteiger partial charge in [0.1, 0.15) is 31.0 Å². The number of carbonyl (C=O) groups is 3. The molecule has 2 aromatic rings. The predicted molar refractivity (Wildman–Crippen MR) is 122 cm³/mol. The van der Waals surface area contributed by atoms with Crippen LogP contribution in [0.5, 0.6) is 0 Å². The van der Waals surface area contributed by atoms with Gasteiger partial charge < -0.3 is 14.8 Å². The van der Waals surface area contributed by atoms with Crippen molar-refractivity contribution in [3.8, 4) is 0 Å². The highest BCUT2D eigenvalue weighted by molar-refractivity contribution is 5.90. The monoisotopic (exact) mass is 458 g/mol. The highest BCUT2D eigenvalue weighted by Crippen LogP contribution is 2.13. The number of amides is 2. The molecular formula is C25H31FN2O5. The Balaban J connectivity index is 2.13. The van der Waals surface area contributed by atoms with Crippen LogP contribution in [-0.2, 0) is 32.1 Å². The summed E-state index contributed by atoms with van der Waals surface area (Å²) < 4.78 is 24.4. The van der Waals surface area contributed by atoms with Crippen LogP contribution in [0.3, 0.4) is 0 Å². The van der Waals surface area contributed by atoms with Crippen molar-refractivity contribution in [1.29, 1.82) is 0 Å². The maximum Gasteiger partial charge on any atom is 0.410 e. The molecule has 8 heteroatoms. The van der Waals surface area contributed by atoms with E-state index in [1.54, 1.807) is 20.8 Å². The molecule has 0 unspecified atom stereocenters. The van der Waals surface area contributed by atoms with E-state index in [1.165, 1.54) is 7.05 Å². The van der Waals surface area contributed by atoms with E-state index < -0.39 is 42.3 Å². The second kappa shape index (κ2) is 12.0. The molecule has 0 aliphatic carbocycles. The molecular weight excluding hydrogens is 427 g/mol. The molecule has 2 atom stereocenters. The Kier molecular flexibility index (Phi) is 9.39. The fourth-order valence-corrected chi connectivity index (χ4v) is 2.95. The molecule has 0 aromatic heterocycles. The average molecular weight is 459 g/mol. The standard InChI is InChI=1S/C25H31FN2O5/c1-25(2,3)33-24(31)28(4)21(16-26)22(29)27-20(15-18-11-7-5-8-12-18)23(30)32-17-19-13-9-6-10-14-19/h5-14,20-21H,15-17H2,1-4H3,(H,27,29)/t20-,21-/m1/s1. The fourth-order valence-electron chi connectivity index (χ4n) is 2.95. The predicted octanol–water partition coefficient (Wildman–Crippen LogP) is 3.66. The Bertz CT molecular complexity index is 915. The van der Waals surface area contributed by atoms with Gasteiger partial charge in [-0.1, -0.05) is 60.7 Å². The van der Waals surface area contributed by atoms with Crippen molar-refractivity contribution in [2.75, 3.05) is 13.7 Å². The number of esters is 1. The summed E-state index contributed by atoms with van der Waals surface area (Å²) in [5.74, 6) is -1.47. The van der Waals surface area contributed by atoms with Gasteiger partial charge in [0.15, 0.2) is 0 Å². The summed E-state index contributed by atoms with van der Waals surface area (Å²) in [4.78, 5) is 38.9. The zero-order chi connectivity index (χ0) is 24.4. The maximum absolute atomic E-state index is 13.8. The molecule has 0 aliphatic heterocycles. The molecule has 2 aromatic carbocycles. The third-order valence-electron chi connectivity index (χ3n) is 4.71. The number of carbonyl (C=O) groups excluding carboxylic acids is 3. The summed E-state index contributed by atoms with van der Waals surface area (Å²) in [5, 5.41) is 2.55. The quantitative estimate of drug-likeness (QED) is 0.580. The lowest BCUT2D eigenvalue weighted by Gasteiger charge is -2.29. The van der Waals surface area contributed by atoms with Gasteiger partial charge >= 0.3 is 12.1 Å². The molecule has 0 aliphatic rings. The summed E-state index contributed by atoms with van der Waals surface area (Å²) in [6, 6.07) is 15.7. The molecule has 1 N–H and O–H groups in total. The summed E-state index contributed by atoms with van der Waals surface area (Å²) in [7, 11) is 1.28. The number of hydrogen-bond donors (Lipinski definition) is 1. The van der Waals surface area contributed by atoms with E-state index in [-0.39, 0.29) is 13.0 Å². The highest BCUT2D eigenvalue weighted by atomic mass is 19.1. The highest BCUT2D eigenvalue weighted by Gasteiger charge is 2.33. The van der Waals surface area contributed by atoms with Crippen molar-refractivity contribution >= 4 is 18.0 Å². The molecule has 0 bridgehead atoms. The van der Waals surface area contributed by atoms with Crippen LogP contribution in [0.15, 0.2) is 60.7 Å². The number of likely N-dealkylation sites (N-methyl/N-ethyl adjacent to an activating group) is 1. The molecule has 0 spiro atoms. The van der Waals surface area contributed by atoms with E-state index in [9.17, 15) is 18.8 Å². The van der Waals surface area contributed by atoms with E-state index in [0.717, 1.165) is 16.0 Å². The van der Waals surface area contributed by atoms with Crippen molar-refractivity contribution in [3.05, 3.63) is 71.8 Å². The second-order valence-electron chi connectivity index (χ2n) is 8.61. The van der Waals surface area contributed by atoms with E-state index >= 15 is 0 Å². The van der Waals surface area contributed by atoms with Crippen LogP contribution in [-0.4, -0.2) is 54.3 Å². The zero-order valence-electron chi connectivity index (χ0n) is 19.4. The number of benzene rings is 2. The van der Waals surface area contributed by atoms with Crippen molar-refractivity contribution in [2.45, 2.75) is 51.5 Å². The first-order valence-electron chi connectivity index (χ1n) is 10.7. The molecule has 0 radical (unpaired) electrons. The first-order valence-corrected chi connectivity index (χ1v) is 10.7.